The molecule has 0 aromatic carbocycles. The Bertz CT molecular complexity index is 281. The second kappa shape index (κ2) is 7.12. The smallest absolute Gasteiger partial charge is 0.0885 e. The third kappa shape index (κ3) is 4.21. The molecule has 1 heterocycles. The summed E-state index contributed by atoms with van der Waals surface area (Å²) in [6, 6.07) is 4.23. The monoisotopic (exact) mass is 208 g/mol. The topological polar surface area (TPSA) is 26.2 Å². The van der Waals surface area contributed by atoms with Gasteiger partial charge in [-0.3, -0.25) is 0 Å². The molecule has 0 fully saturated rings. The molecule has 1 aromatic heterocycles. The highest BCUT2D eigenvalue weighted by molar-refractivity contribution is 5.06. The van der Waals surface area contributed by atoms with Crippen LogP contribution in [0.5, 0.6) is 0 Å². The van der Waals surface area contributed by atoms with Gasteiger partial charge in [-0.1, -0.05) is 6.58 Å². The van der Waals surface area contributed by atoms with Crippen molar-refractivity contribution in [3.05, 3.63) is 36.9 Å². The molecule has 3 heteroatoms. The van der Waals surface area contributed by atoms with E-state index in [1.165, 1.54) is 12.0 Å². The van der Waals surface area contributed by atoms with Crippen molar-refractivity contribution in [2.45, 2.75) is 26.4 Å². The highest BCUT2D eigenvalue weighted by Gasteiger charge is 1.97. The van der Waals surface area contributed by atoms with E-state index >= 15 is 0 Å². The number of nitrogens with one attached hydrogen (secondary N) is 1. The van der Waals surface area contributed by atoms with Crippen LogP contribution in [0.3, 0.4) is 0 Å². The quantitative estimate of drug-likeness (QED) is 0.523. The van der Waals surface area contributed by atoms with Crippen molar-refractivity contribution in [1.29, 1.82) is 0 Å². The van der Waals surface area contributed by atoms with Crippen LogP contribution in [-0.2, 0) is 17.8 Å². The van der Waals surface area contributed by atoms with E-state index in [-0.39, 0.29) is 0 Å². The fourth-order valence-electron chi connectivity index (χ4n) is 1.50. The van der Waals surface area contributed by atoms with Crippen molar-refractivity contribution in [3.8, 4) is 0 Å². The highest BCUT2D eigenvalue weighted by atomic mass is 16.5. The molecule has 0 aliphatic heterocycles. The summed E-state index contributed by atoms with van der Waals surface area (Å²) in [6.07, 6.45) is 4.61. The van der Waals surface area contributed by atoms with E-state index in [0.29, 0.717) is 0 Å². The lowest BCUT2D eigenvalue weighted by Crippen LogP contribution is -2.18. The molecule has 0 saturated heterocycles. The van der Waals surface area contributed by atoms with E-state index in [9.17, 15) is 0 Å². The summed E-state index contributed by atoms with van der Waals surface area (Å²) in [5.74, 6) is 0. The first-order valence-corrected chi connectivity index (χ1v) is 5.45. The average molecular weight is 208 g/mol. The fraction of sp³-hybridized carbons (Fsp3) is 0.500. The third-order valence-corrected chi connectivity index (χ3v) is 2.30. The minimum absolute atomic E-state index is 0.741. The van der Waals surface area contributed by atoms with Gasteiger partial charge >= 0.3 is 0 Å². The Morgan fingerprint density at radius 3 is 3.20 bits per heavy atom. The fourth-order valence-corrected chi connectivity index (χ4v) is 1.50. The van der Waals surface area contributed by atoms with Crippen LogP contribution in [0.15, 0.2) is 31.2 Å². The van der Waals surface area contributed by atoms with Gasteiger partial charge in [-0.05, 0) is 32.0 Å². The molecule has 1 rings (SSSR count). The zero-order chi connectivity index (χ0) is 10.9. The van der Waals surface area contributed by atoms with Crippen LogP contribution < -0.4 is 5.32 Å². The molecule has 0 unspecified atom stereocenters. The van der Waals surface area contributed by atoms with Crippen molar-refractivity contribution < 1.29 is 4.74 Å². The Balaban J connectivity index is 2.12. The Labute approximate surface area is 91.7 Å². The van der Waals surface area contributed by atoms with Crippen LogP contribution in [-0.4, -0.2) is 17.7 Å². The Morgan fingerprint density at radius 1 is 1.60 bits per heavy atom. The first kappa shape index (κ1) is 11.9. The van der Waals surface area contributed by atoms with E-state index in [4.69, 9.17) is 4.74 Å². The maximum absolute atomic E-state index is 5.03. The molecule has 15 heavy (non-hydrogen) atoms. The molecule has 1 N–H and O–H groups in total. The van der Waals surface area contributed by atoms with Crippen LogP contribution in [0.25, 0.3) is 0 Å². The maximum Gasteiger partial charge on any atom is 0.0885 e. The Morgan fingerprint density at radius 2 is 2.47 bits per heavy atom. The predicted molar refractivity (Wildman–Crippen MR) is 62.6 cm³/mol. The van der Waals surface area contributed by atoms with Gasteiger partial charge in [-0.25, -0.2) is 0 Å². The summed E-state index contributed by atoms with van der Waals surface area (Å²) < 4.78 is 7.28. The van der Waals surface area contributed by atoms with Gasteiger partial charge in [0.15, 0.2) is 0 Å². The molecule has 84 valence electrons. The van der Waals surface area contributed by atoms with Crippen LogP contribution >= 0.6 is 0 Å². The van der Waals surface area contributed by atoms with Gasteiger partial charge in [0.2, 0.25) is 0 Å². The van der Waals surface area contributed by atoms with E-state index in [1.807, 2.05) is 0 Å². The van der Waals surface area contributed by atoms with Gasteiger partial charge in [0.25, 0.3) is 0 Å². The number of ether oxygens (including phenoxy) is 1. The lowest BCUT2D eigenvalue weighted by molar-refractivity contribution is 0.244. The molecule has 0 spiro atoms. The molecule has 0 bridgehead atoms. The lowest BCUT2D eigenvalue weighted by atomic mass is 10.4. The van der Waals surface area contributed by atoms with Crippen molar-refractivity contribution >= 4 is 0 Å². The molecule has 0 radical (unpaired) electrons. The molecule has 0 saturated carbocycles. The van der Waals surface area contributed by atoms with Gasteiger partial charge < -0.3 is 14.6 Å². The number of rotatable bonds is 8. The number of aromatic nitrogens is 1. The number of hydrogen-bond acceptors (Lipinski definition) is 2. The SMILES string of the molecule is C=COCCCNCc1cccn1CC. The van der Waals surface area contributed by atoms with E-state index in [2.05, 4.69) is 41.7 Å². The number of hydrogen-bond donors (Lipinski definition) is 1. The number of aryl methyl sites for hydroxylation is 1. The minimum Gasteiger partial charge on any atom is -0.502 e. The molecule has 0 atom stereocenters. The molecule has 0 amide bonds. The molecule has 0 aliphatic rings. The predicted octanol–water partition coefficient (Wildman–Crippen LogP) is 2.15. The molecule has 1 aromatic rings. The van der Waals surface area contributed by atoms with Crippen molar-refractivity contribution in [1.82, 2.24) is 9.88 Å². The summed E-state index contributed by atoms with van der Waals surface area (Å²) in [4.78, 5) is 0. The first-order chi connectivity index (χ1) is 7.38. The zero-order valence-electron chi connectivity index (χ0n) is 9.41. The number of nitrogens with zero attached hydrogens (tertiary/aromatic N) is 1. The van der Waals surface area contributed by atoms with Crippen molar-refractivity contribution in [2.75, 3.05) is 13.2 Å². The van der Waals surface area contributed by atoms with E-state index in [0.717, 1.165) is 32.7 Å². The normalized spacial score (nSPS) is 10.2. The molecular weight excluding hydrogens is 188 g/mol. The maximum atomic E-state index is 5.03. The Kier molecular flexibility index (Phi) is 5.63. The van der Waals surface area contributed by atoms with Gasteiger partial charge in [-0.15, -0.1) is 0 Å². The van der Waals surface area contributed by atoms with Crippen LogP contribution in [0.1, 0.15) is 19.0 Å². The third-order valence-electron chi connectivity index (χ3n) is 2.30. The summed E-state index contributed by atoms with van der Waals surface area (Å²) in [5, 5.41) is 3.39. The van der Waals surface area contributed by atoms with Gasteiger partial charge in [0.1, 0.15) is 0 Å². The molecule has 3 nitrogen and oxygen atoms in total. The van der Waals surface area contributed by atoms with E-state index < -0.39 is 0 Å². The van der Waals surface area contributed by atoms with Crippen LogP contribution in [0.2, 0.25) is 0 Å². The van der Waals surface area contributed by atoms with Crippen molar-refractivity contribution in [3.63, 3.8) is 0 Å². The van der Waals surface area contributed by atoms with Crippen molar-refractivity contribution in [2.24, 2.45) is 0 Å². The molecule has 0 aliphatic carbocycles. The standard InChI is InChI=1S/C12H20N2O/c1-3-14-9-5-7-12(14)11-13-8-6-10-15-4-2/h4-5,7,9,13H,2-3,6,8,10-11H2,1H3. The second-order valence-electron chi connectivity index (χ2n) is 3.35. The summed E-state index contributed by atoms with van der Waals surface area (Å²) in [6.45, 7) is 9.32. The van der Waals surface area contributed by atoms with Gasteiger partial charge in [0.05, 0.1) is 12.9 Å². The molecular formula is C12H20N2O. The van der Waals surface area contributed by atoms with Crippen LogP contribution in [0.4, 0.5) is 0 Å². The zero-order valence-corrected chi connectivity index (χ0v) is 9.41. The summed E-state index contributed by atoms with van der Waals surface area (Å²) in [7, 11) is 0. The average Bonchev–Trinajstić information content (AvgIpc) is 2.70. The first-order valence-electron chi connectivity index (χ1n) is 5.45. The highest BCUT2D eigenvalue weighted by Crippen LogP contribution is 2.01. The largest absolute Gasteiger partial charge is 0.502 e. The summed E-state index contributed by atoms with van der Waals surface area (Å²) in [5.41, 5.74) is 1.34. The minimum atomic E-state index is 0.741. The Hall–Kier alpha value is -1.22. The van der Waals surface area contributed by atoms with Gasteiger partial charge in [0, 0.05) is 25.0 Å². The van der Waals surface area contributed by atoms with E-state index in [1.54, 1.807) is 0 Å². The van der Waals surface area contributed by atoms with Gasteiger partial charge in [-0.2, -0.15) is 0 Å². The van der Waals surface area contributed by atoms with Crippen LogP contribution in [0, 0.1) is 0 Å². The summed E-state index contributed by atoms with van der Waals surface area (Å²) >= 11 is 0. The second-order valence-corrected chi connectivity index (χ2v) is 3.35. The lowest BCUT2D eigenvalue weighted by Gasteiger charge is -2.07.